The summed E-state index contributed by atoms with van der Waals surface area (Å²) in [5.74, 6) is -2.37. The number of carbonyl (C=O) groups is 3. The first kappa shape index (κ1) is 33.6. The summed E-state index contributed by atoms with van der Waals surface area (Å²) < 4.78 is 5.58. The number of oxime groups is 1. The van der Waals surface area contributed by atoms with Crippen LogP contribution < -0.4 is 11.1 Å². The Morgan fingerprint density at radius 3 is 2.53 bits per heavy atom. The second-order valence-electron chi connectivity index (χ2n) is 10.1. The molecule has 0 aliphatic carbocycles. The lowest BCUT2D eigenvalue weighted by Gasteiger charge is -2.49. The number of rotatable bonds is 11. The van der Waals surface area contributed by atoms with E-state index in [-0.39, 0.29) is 63.5 Å². The Morgan fingerprint density at radius 2 is 1.84 bits per heavy atom. The van der Waals surface area contributed by atoms with E-state index in [1.165, 1.54) is 75.5 Å². The summed E-state index contributed by atoms with van der Waals surface area (Å²) in [4.78, 5) is 49.0. The number of anilines is 1. The van der Waals surface area contributed by atoms with Gasteiger partial charge in [0.15, 0.2) is 38.2 Å². The minimum Gasteiger partial charge on any atom is -0.504 e. The van der Waals surface area contributed by atoms with Crippen molar-refractivity contribution in [3.63, 3.8) is 0 Å². The van der Waals surface area contributed by atoms with Crippen LogP contribution in [0.3, 0.4) is 0 Å². The third-order valence-corrected chi connectivity index (χ3v) is 11.1. The third kappa shape index (κ3) is 7.28. The van der Waals surface area contributed by atoms with E-state index in [1.54, 1.807) is 6.07 Å². The SMILES string of the molecule is Nc1nc(C(=NOCc2ccc(O)c(O)c2)C(=O)N[C@@H]2C(=O)N3C(OC(=O)O)=C(CSc4nnc(-c5ccc(O)c(O)c5)s4)CS[C@@H]23)cs1. The van der Waals surface area contributed by atoms with Crippen LogP contribution >= 0.6 is 46.2 Å². The number of hydrogen-bond acceptors (Lipinski definition) is 18. The highest BCUT2D eigenvalue weighted by Crippen LogP contribution is 2.43. The molecule has 2 atom stereocenters. The summed E-state index contributed by atoms with van der Waals surface area (Å²) in [6, 6.07) is 7.21. The van der Waals surface area contributed by atoms with Crippen LogP contribution in [0.15, 0.2) is 62.7 Å². The number of ether oxygens (including phenoxy) is 1. The standard InChI is InChI=1S/C28H23N7O10S4/c29-26-30-14(10-47-26)19(34-44-7-11-1-3-15(36)17(38)5-11)21(40)31-20-23(41)35-24(45-28(42)43)13(8-46-25(20)35)9-48-27-33-32-22(49-27)12-2-4-16(37)18(39)6-12/h1-6,10,20,25,36-39H,7-9H2,(H2,29,30)(H,31,40)(H,42,43)/t20-,25+/m1/s1. The van der Waals surface area contributed by atoms with E-state index in [1.807, 2.05) is 0 Å². The van der Waals surface area contributed by atoms with Gasteiger partial charge in [0, 0.05) is 28.0 Å². The number of carbonyl (C=O) groups excluding carboxylic acids is 2. The first-order valence-electron chi connectivity index (χ1n) is 13.8. The molecule has 2 aromatic heterocycles. The fourth-order valence-corrected chi connectivity index (χ4v) is 8.38. The van der Waals surface area contributed by atoms with Crippen LogP contribution in [0.5, 0.6) is 23.0 Å². The molecule has 2 aliphatic rings. The van der Waals surface area contributed by atoms with Crippen molar-refractivity contribution in [2.45, 2.75) is 22.4 Å². The number of β-lactam (4-membered cyclic amide) rings is 1. The van der Waals surface area contributed by atoms with Gasteiger partial charge in [0.1, 0.15) is 28.7 Å². The van der Waals surface area contributed by atoms with Gasteiger partial charge >= 0.3 is 6.16 Å². The van der Waals surface area contributed by atoms with Crippen LogP contribution in [0, 0.1) is 0 Å². The summed E-state index contributed by atoms with van der Waals surface area (Å²) in [6.07, 6.45) is -1.62. The van der Waals surface area contributed by atoms with Gasteiger partial charge in [-0.25, -0.2) is 9.78 Å². The summed E-state index contributed by atoms with van der Waals surface area (Å²) in [5.41, 5.74) is 7.04. The van der Waals surface area contributed by atoms with Gasteiger partial charge in [-0.05, 0) is 35.9 Å². The first-order valence-corrected chi connectivity index (χ1v) is 17.5. The van der Waals surface area contributed by atoms with Gasteiger partial charge in [-0.3, -0.25) is 14.5 Å². The van der Waals surface area contributed by atoms with Gasteiger partial charge in [0.25, 0.3) is 11.8 Å². The normalized spacial score (nSPS) is 17.3. The van der Waals surface area contributed by atoms with E-state index < -0.39 is 29.4 Å². The number of thioether (sulfide) groups is 2. The van der Waals surface area contributed by atoms with E-state index in [4.69, 9.17) is 15.3 Å². The first-order chi connectivity index (χ1) is 23.5. The number of carboxylic acid groups (broad SMARTS) is 1. The molecule has 8 N–H and O–H groups in total. The Labute approximate surface area is 291 Å². The maximum atomic E-state index is 13.4. The number of nitrogen functional groups attached to an aromatic ring is 1. The minimum atomic E-state index is -1.62. The molecule has 6 rings (SSSR count). The number of nitrogens with zero attached hydrogens (tertiary/aromatic N) is 5. The van der Waals surface area contributed by atoms with Crippen LogP contribution in [0.2, 0.25) is 0 Å². The molecule has 0 saturated carbocycles. The number of aromatic hydroxyl groups is 4. The summed E-state index contributed by atoms with van der Waals surface area (Å²) in [6.45, 7) is -0.181. The van der Waals surface area contributed by atoms with Crippen LogP contribution in [-0.4, -0.2) is 92.2 Å². The van der Waals surface area contributed by atoms with Crippen LogP contribution in [-0.2, 0) is 25.8 Å². The Balaban J connectivity index is 1.14. The number of nitrogens with one attached hydrogen (secondary N) is 1. The lowest BCUT2D eigenvalue weighted by molar-refractivity contribution is -0.148. The highest BCUT2D eigenvalue weighted by Gasteiger charge is 2.54. The van der Waals surface area contributed by atoms with Crippen LogP contribution in [0.1, 0.15) is 11.3 Å². The van der Waals surface area contributed by atoms with E-state index in [0.29, 0.717) is 26.0 Å². The van der Waals surface area contributed by atoms with E-state index in [9.17, 15) is 39.9 Å². The van der Waals surface area contributed by atoms with Crippen molar-refractivity contribution >= 4 is 75.0 Å². The summed E-state index contributed by atoms with van der Waals surface area (Å²) in [5, 5.41) is 64.2. The molecule has 21 heteroatoms. The maximum absolute atomic E-state index is 13.4. The predicted octanol–water partition coefficient (Wildman–Crippen LogP) is 3.09. The number of nitrogens with two attached hydrogens (primary N) is 1. The Morgan fingerprint density at radius 1 is 1.08 bits per heavy atom. The van der Waals surface area contributed by atoms with Crippen LogP contribution in [0.25, 0.3) is 10.6 Å². The van der Waals surface area contributed by atoms with Gasteiger partial charge in [-0.15, -0.1) is 33.3 Å². The second-order valence-corrected chi connectivity index (χ2v) is 14.3. The van der Waals surface area contributed by atoms with E-state index in [0.717, 1.165) is 11.3 Å². The summed E-state index contributed by atoms with van der Waals surface area (Å²) in [7, 11) is 0. The topological polar surface area (TPSA) is 263 Å². The number of phenolic OH excluding ortho intramolecular Hbond substituents is 4. The fourth-order valence-electron chi connectivity index (χ4n) is 4.54. The largest absolute Gasteiger partial charge is 0.512 e. The van der Waals surface area contributed by atoms with Crippen molar-refractivity contribution < 1.29 is 49.5 Å². The molecule has 0 spiro atoms. The zero-order chi connectivity index (χ0) is 34.8. The van der Waals surface area contributed by atoms with Crippen LogP contribution in [0.4, 0.5) is 9.93 Å². The molecular weight excluding hydrogens is 723 g/mol. The minimum absolute atomic E-state index is 0.0876. The number of thiazole rings is 1. The van der Waals surface area contributed by atoms with Gasteiger partial charge in [-0.2, -0.15) is 0 Å². The highest BCUT2D eigenvalue weighted by molar-refractivity contribution is 8.01. The average molecular weight is 746 g/mol. The number of amides is 2. The van der Waals surface area contributed by atoms with Crippen molar-refractivity contribution in [3.8, 4) is 33.6 Å². The van der Waals surface area contributed by atoms with Gasteiger partial charge < -0.3 is 46.2 Å². The molecule has 1 fully saturated rings. The van der Waals surface area contributed by atoms with Crippen molar-refractivity contribution in [1.29, 1.82) is 0 Å². The van der Waals surface area contributed by atoms with E-state index >= 15 is 0 Å². The zero-order valence-electron chi connectivity index (χ0n) is 24.5. The number of phenols is 4. The number of aromatic nitrogens is 3. The number of hydrogen-bond donors (Lipinski definition) is 7. The lowest BCUT2D eigenvalue weighted by atomic mass is 10.1. The monoisotopic (exact) mass is 745 g/mol. The van der Waals surface area contributed by atoms with Gasteiger partial charge in [0.05, 0.1) is 0 Å². The van der Waals surface area contributed by atoms with Gasteiger partial charge in [-0.1, -0.05) is 34.3 Å². The van der Waals surface area contributed by atoms with Crippen molar-refractivity contribution in [3.05, 3.63) is 64.5 Å². The molecule has 0 radical (unpaired) electrons. The van der Waals surface area contributed by atoms with E-state index in [2.05, 4.69) is 25.7 Å². The zero-order valence-corrected chi connectivity index (χ0v) is 27.8. The molecule has 17 nitrogen and oxygen atoms in total. The molecule has 0 unspecified atom stereocenters. The van der Waals surface area contributed by atoms with Crippen molar-refractivity contribution in [1.82, 2.24) is 25.4 Å². The Hall–Kier alpha value is -5.25. The molecular formula is C28H23N7O10S4. The molecule has 49 heavy (non-hydrogen) atoms. The van der Waals surface area contributed by atoms with Gasteiger partial charge in [0.2, 0.25) is 5.88 Å². The molecule has 254 valence electrons. The molecule has 2 aromatic carbocycles. The predicted molar refractivity (Wildman–Crippen MR) is 178 cm³/mol. The lowest BCUT2D eigenvalue weighted by Crippen LogP contribution is -2.70. The Kier molecular flexibility index (Phi) is 9.67. The van der Waals surface area contributed by atoms with Crippen molar-refractivity contribution in [2.24, 2.45) is 5.16 Å². The quantitative estimate of drug-likeness (QED) is 0.0290. The third-order valence-electron chi connectivity index (χ3n) is 6.87. The Bertz CT molecular complexity index is 2020. The molecule has 2 aliphatic heterocycles. The fraction of sp³-hybridized carbons (Fsp3) is 0.179. The number of benzene rings is 2. The smallest absolute Gasteiger partial charge is 0.504 e. The second kappa shape index (κ2) is 14.1. The number of fused-ring (bicyclic) bond motifs is 1. The highest BCUT2D eigenvalue weighted by atomic mass is 32.2. The molecule has 1 saturated heterocycles. The summed E-state index contributed by atoms with van der Waals surface area (Å²) >= 11 is 4.80. The molecule has 0 bridgehead atoms. The molecule has 4 aromatic rings. The maximum Gasteiger partial charge on any atom is 0.512 e. The molecule has 2 amide bonds. The molecule has 4 heterocycles. The average Bonchev–Trinajstić information content (AvgIpc) is 3.72. The van der Waals surface area contributed by atoms with Crippen molar-refractivity contribution in [2.75, 3.05) is 17.2 Å².